The summed E-state index contributed by atoms with van der Waals surface area (Å²) in [7, 11) is -1.86. The average molecular weight is 340 g/mol. The highest BCUT2D eigenvalue weighted by molar-refractivity contribution is 6.74. The van der Waals surface area contributed by atoms with E-state index in [1.165, 1.54) is 0 Å². The molecule has 0 spiro atoms. The first-order valence-electron chi connectivity index (χ1n) is 7.91. The zero-order valence-electron chi connectivity index (χ0n) is 14.1. The van der Waals surface area contributed by atoms with Crippen LogP contribution in [0.3, 0.4) is 0 Å². The van der Waals surface area contributed by atoms with E-state index < -0.39 is 8.32 Å². The van der Waals surface area contributed by atoms with E-state index in [4.69, 9.17) is 16.0 Å². The molecule has 1 aliphatic carbocycles. The Hall–Kier alpha value is -0.713. The zero-order chi connectivity index (χ0) is 16.5. The van der Waals surface area contributed by atoms with Crippen LogP contribution in [0.1, 0.15) is 51.5 Å². The Labute approximate surface area is 139 Å². The van der Waals surface area contributed by atoms with Crippen LogP contribution >= 0.6 is 11.6 Å². The van der Waals surface area contributed by atoms with Gasteiger partial charge in [0.15, 0.2) is 8.32 Å². The smallest absolute Gasteiger partial charge is 0.192 e. The van der Waals surface area contributed by atoms with Crippen LogP contribution in [0.2, 0.25) is 23.3 Å². The highest BCUT2D eigenvalue weighted by atomic mass is 35.5. The van der Waals surface area contributed by atoms with Crippen molar-refractivity contribution >= 4 is 25.7 Å². The van der Waals surface area contributed by atoms with Crippen molar-refractivity contribution in [3.05, 3.63) is 29.0 Å². The molecule has 0 bridgehead atoms. The summed E-state index contributed by atoms with van der Waals surface area (Å²) >= 11 is 5.88. The fraction of sp³-hybridized carbons (Fsp3) is 0.647. The maximum absolute atomic E-state index is 11.9. The van der Waals surface area contributed by atoms with Crippen LogP contribution in [0.15, 0.2) is 18.3 Å². The van der Waals surface area contributed by atoms with Gasteiger partial charge in [-0.2, -0.15) is 0 Å². The zero-order valence-corrected chi connectivity index (χ0v) is 15.9. The Balaban J connectivity index is 2.24. The lowest BCUT2D eigenvalue weighted by Gasteiger charge is -2.42. The number of nitrogens with zero attached hydrogens (tertiary/aromatic N) is 1. The normalized spacial score (nSPS) is 23.6. The van der Waals surface area contributed by atoms with Gasteiger partial charge in [0.25, 0.3) is 0 Å². The molecule has 1 fully saturated rings. The molecular formula is C17H26ClNO2Si. The van der Waals surface area contributed by atoms with Gasteiger partial charge >= 0.3 is 0 Å². The van der Waals surface area contributed by atoms with Crippen LogP contribution in [0.5, 0.6) is 0 Å². The van der Waals surface area contributed by atoms with Crippen molar-refractivity contribution in [1.29, 1.82) is 0 Å². The van der Waals surface area contributed by atoms with E-state index in [1.54, 1.807) is 12.3 Å². The topological polar surface area (TPSA) is 39.2 Å². The van der Waals surface area contributed by atoms with E-state index in [1.807, 2.05) is 6.07 Å². The first-order chi connectivity index (χ1) is 10.1. The van der Waals surface area contributed by atoms with E-state index in [0.29, 0.717) is 23.8 Å². The second kappa shape index (κ2) is 6.42. The van der Waals surface area contributed by atoms with Crippen molar-refractivity contribution in [2.75, 3.05) is 0 Å². The molecule has 0 aliphatic heterocycles. The number of carbonyl (C=O) groups is 1. The minimum Gasteiger partial charge on any atom is -0.413 e. The lowest BCUT2D eigenvalue weighted by molar-refractivity contribution is -0.122. The Morgan fingerprint density at radius 1 is 1.32 bits per heavy atom. The summed E-state index contributed by atoms with van der Waals surface area (Å²) in [5.74, 6) is 0.412. The van der Waals surface area contributed by atoms with Gasteiger partial charge in [-0.3, -0.25) is 4.79 Å². The molecule has 22 heavy (non-hydrogen) atoms. The molecule has 122 valence electrons. The molecule has 0 unspecified atom stereocenters. The summed E-state index contributed by atoms with van der Waals surface area (Å²) in [6.07, 6.45) is 3.85. The number of pyridine rings is 1. The van der Waals surface area contributed by atoms with E-state index >= 15 is 0 Å². The Morgan fingerprint density at radius 3 is 2.55 bits per heavy atom. The molecule has 0 saturated heterocycles. The molecule has 2 atom stereocenters. The molecule has 5 heteroatoms. The van der Waals surface area contributed by atoms with Crippen molar-refractivity contribution < 1.29 is 9.22 Å². The summed E-state index contributed by atoms with van der Waals surface area (Å²) in [6, 6.07) is 3.76. The van der Waals surface area contributed by atoms with Crippen LogP contribution in [0.4, 0.5) is 0 Å². The SMILES string of the molecule is CC(C)(C)[Si](C)(C)O[C@H]1CCC(=O)C[C@@H]1c1ccc(Cl)nc1. The molecule has 0 amide bonds. The number of ketones is 1. The van der Waals surface area contributed by atoms with Gasteiger partial charge in [0.2, 0.25) is 0 Å². The molecule has 0 N–H and O–H groups in total. The van der Waals surface area contributed by atoms with Crippen molar-refractivity contribution in [2.45, 2.75) is 70.2 Å². The van der Waals surface area contributed by atoms with Crippen LogP contribution in [-0.4, -0.2) is 25.2 Å². The summed E-state index contributed by atoms with van der Waals surface area (Å²) in [6.45, 7) is 11.3. The van der Waals surface area contributed by atoms with Gasteiger partial charge < -0.3 is 4.43 Å². The highest BCUT2D eigenvalue weighted by Gasteiger charge is 2.42. The van der Waals surface area contributed by atoms with Crippen molar-refractivity contribution in [3.8, 4) is 0 Å². The number of halogens is 1. The monoisotopic (exact) mass is 339 g/mol. The third-order valence-corrected chi connectivity index (χ3v) is 9.76. The van der Waals surface area contributed by atoms with Gasteiger partial charge in [-0.1, -0.05) is 38.4 Å². The number of hydrogen-bond donors (Lipinski definition) is 0. The van der Waals surface area contributed by atoms with Crippen LogP contribution < -0.4 is 0 Å². The summed E-state index contributed by atoms with van der Waals surface area (Å²) < 4.78 is 6.61. The molecule has 1 heterocycles. The fourth-order valence-electron chi connectivity index (χ4n) is 2.62. The van der Waals surface area contributed by atoms with Gasteiger partial charge in [0, 0.05) is 25.0 Å². The third kappa shape index (κ3) is 3.97. The minimum absolute atomic E-state index is 0.0974. The van der Waals surface area contributed by atoms with Gasteiger partial charge in [-0.25, -0.2) is 4.98 Å². The second-order valence-corrected chi connectivity index (χ2v) is 12.9. The van der Waals surface area contributed by atoms with E-state index in [-0.39, 0.29) is 17.1 Å². The molecular weight excluding hydrogens is 314 g/mol. The van der Waals surface area contributed by atoms with Gasteiger partial charge in [-0.15, -0.1) is 0 Å². The lowest BCUT2D eigenvalue weighted by Crippen LogP contribution is -2.46. The summed E-state index contributed by atoms with van der Waals surface area (Å²) in [4.78, 5) is 16.1. The first-order valence-corrected chi connectivity index (χ1v) is 11.2. The van der Waals surface area contributed by atoms with Crippen LogP contribution in [-0.2, 0) is 9.22 Å². The number of carbonyl (C=O) groups excluding carboxylic acids is 1. The predicted molar refractivity (Wildman–Crippen MR) is 92.9 cm³/mol. The summed E-state index contributed by atoms with van der Waals surface area (Å²) in [5.41, 5.74) is 1.06. The van der Waals surface area contributed by atoms with Gasteiger partial charge in [-0.05, 0) is 36.2 Å². The quantitative estimate of drug-likeness (QED) is 0.577. The lowest BCUT2D eigenvalue weighted by atomic mass is 9.82. The molecule has 1 saturated carbocycles. The molecule has 1 aromatic rings. The summed E-state index contributed by atoms with van der Waals surface area (Å²) in [5, 5.41) is 0.643. The maximum atomic E-state index is 11.9. The Bertz CT molecular complexity index is 537. The van der Waals surface area contributed by atoms with Crippen molar-refractivity contribution in [3.63, 3.8) is 0 Å². The number of Topliss-reactive ketones (excluding diaryl/α,β-unsaturated/α-hetero) is 1. The molecule has 3 nitrogen and oxygen atoms in total. The van der Waals surface area contributed by atoms with Crippen LogP contribution in [0.25, 0.3) is 0 Å². The van der Waals surface area contributed by atoms with Crippen molar-refractivity contribution in [2.24, 2.45) is 0 Å². The number of rotatable bonds is 3. The molecule has 1 aromatic heterocycles. The van der Waals surface area contributed by atoms with E-state index in [0.717, 1.165) is 12.0 Å². The van der Waals surface area contributed by atoms with Gasteiger partial charge in [0.05, 0.1) is 6.10 Å². The first kappa shape index (κ1) is 17.6. The fourth-order valence-corrected chi connectivity index (χ4v) is 4.12. The maximum Gasteiger partial charge on any atom is 0.192 e. The molecule has 1 aliphatic rings. The van der Waals surface area contributed by atoms with Gasteiger partial charge in [0.1, 0.15) is 10.9 Å². The Morgan fingerprint density at radius 2 is 2.00 bits per heavy atom. The Kier molecular flexibility index (Phi) is 5.15. The third-order valence-electron chi connectivity index (χ3n) is 5.03. The van der Waals surface area contributed by atoms with Crippen molar-refractivity contribution in [1.82, 2.24) is 4.98 Å². The largest absolute Gasteiger partial charge is 0.413 e. The average Bonchev–Trinajstić information content (AvgIpc) is 2.40. The number of aromatic nitrogens is 1. The van der Waals surface area contributed by atoms with E-state index in [2.05, 4.69) is 38.8 Å². The molecule has 0 radical (unpaired) electrons. The molecule has 0 aromatic carbocycles. The number of hydrogen-bond acceptors (Lipinski definition) is 3. The predicted octanol–water partition coefficient (Wildman–Crippen LogP) is 4.96. The van der Waals surface area contributed by atoms with Crippen LogP contribution in [0, 0.1) is 0 Å². The second-order valence-electron chi connectivity index (χ2n) is 7.72. The highest BCUT2D eigenvalue weighted by Crippen LogP contribution is 2.42. The minimum atomic E-state index is -1.86. The van der Waals surface area contributed by atoms with E-state index in [9.17, 15) is 4.79 Å². The molecule has 2 rings (SSSR count). The standard InChI is InChI=1S/C17H26ClNO2Si/c1-17(2,3)22(4,5)21-15-8-7-13(20)10-14(15)12-6-9-16(18)19-11-12/h6,9,11,14-15H,7-8,10H2,1-5H3/t14-,15+/m1/s1.